The molecule has 0 spiro atoms. The molecule has 0 aromatic heterocycles. The summed E-state index contributed by atoms with van der Waals surface area (Å²) in [5, 5.41) is 2.92. The van der Waals surface area contributed by atoms with E-state index in [1.165, 1.54) is 0 Å². The highest BCUT2D eigenvalue weighted by atomic mass is 19.3. The highest BCUT2D eigenvalue weighted by molar-refractivity contribution is 4.97. The molecule has 1 unspecified atom stereocenters. The molecule has 64 valence electrons. The van der Waals surface area contributed by atoms with Crippen LogP contribution in [0.1, 0.15) is 25.7 Å². The van der Waals surface area contributed by atoms with Crippen LogP contribution in [0.15, 0.2) is 0 Å². The first-order chi connectivity index (χ1) is 5.20. The Bertz CT molecular complexity index is 154. The van der Waals surface area contributed by atoms with E-state index in [2.05, 4.69) is 5.32 Å². The Labute approximate surface area is 65.2 Å². The molecule has 1 aliphatic heterocycles. The second-order valence-corrected chi connectivity index (χ2v) is 3.63. The molecular weight excluding hydrogens is 148 g/mol. The summed E-state index contributed by atoms with van der Waals surface area (Å²) in [4.78, 5) is 0. The molecule has 1 N–H and O–H groups in total. The summed E-state index contributed by atoms with van der Waals surface area (Å²) >= 11 is 0. The predicted octanol–water partition coefficient (Wildman–Crippen LogP) is 1.78. The van der Waals surface area contributed by atoms with E-state index in [9.17, 15) is 8.78 Å². The lowest BCUT2D eigenvalue weighted by Gasteiger charge is -2.32. The lowest BCUT2D eigenvalue weighted by atomic mass is 9.96. The van der Waals surface area contributed by atoms with Crippen molar-refractivity contribution in [1.29, 1.82) is 0 Å². The zero-order chi connectivity index (χ0) is 7.90. The van der Waals surface area contributed by atoms with Gasteiger partial charge in [0.25, 0.3) is 5.92 Å². The van der Waals surface area contributed by atoms with Gasteiger partial charge in [0.05, 0.1) is 6.04 Å². The standard InChI is InChI=1S/C8H13F2N/c9-8(10)4-1-5-11-7(8)6-2-3-6/h6-7,11H,1-5H2. The van der Waals surface area contributed by atoms with Crippen LogP contribution in [-0.4, -0.2) is 18.5 Å². The van der Waals surface area contributed by atoms with Crippen LogP contribution in [0.2, 0.25) is 0 Å². The van der Waals surface area contributed by atoms with E-state index in [4.69, 9.17) is 0 Å². The second kappa shape index (κ2) is 2.41. The molecule has 0 amide bonds. The summed E-state index contributed by atoms with van der Waals surface area (Å²) in [7, 11) is 0. The van der Waals surface area contributed by atoms with E-state index in [1.807, 2.05) is 0 Å². The molecule has 1 atom stereocenters. The van der Waals surface area contributed by atoms with E-state index >= 15 is 0 Å². The van der Waals surface area contributed by atoms with E-state index in [0.29, 0.717) is 6.42 Å². The molecule has 11 heavy (non-hydrogen) atoms. The van der Waals surface area contributed by atoms with Gasteiger partial charge in [-0.15, -0.1) is 0 Å². The van der Waals surface area contributed by atoms with Gasteiger partial charge in [-0.3, -0.25) is 0 Å². The molecule has 2 fully saturated rings. The third kappa shape index (κ3) is 1.39. The fourth-order valence-electron chi connectivity index (χ4n) is 1.83. The van der Waals surface area contributed by atoms with Crippen LogP contribution in [0.4, 0.5) is 8.78 Å². The lowest BCUT2D eigenvalue weighted by Crippen LogP contribution is -2.50. The van der Waals surface area contributed by atoms with Crippen LogP contribution in [0.3, 0.4) is 0 Å². The zero-order valence-electron chi connectivity index (χ0n) is 6.45. The summed E-state index contributed by atoms with van der Waals surface area (Å²) in [6.45, 7) is 0.775. The summed E-state index contributed by atoms with van der Waals surface area (Å²) < 4.78 is 26.2. The topological polar surface area (TPSA) is 12.0 Å². The van der Waals surface area contributed by atoms with Crippen LogP contribution in [0.5, 0.6) is 0 Å². The summed E-state index contributed by atoms with van der Waals surface area (Å²) in [6.07, 6.45) is 2.69. The fraction of sp³-hybridized carbons (Fsp3) is 1.00. The maximum absolute atomic E-state index is 13.1. The smallest absolute Gasteiger partial charge is 0.263 e. The molecule has 0 radical (unpaired) electrons. The van der Waals surface area contributed by atoms with Gasteiger partial charge in [-0.05, 0) is 31.7 Å². The maximum atomic E-state index is 13.1. The Morgan fingerprint density at radius 2 is 2.00 bits per heavy atom. The van der Waals surface area contributed by atoms with Crippen LogP contribution in [-0.2, 0) is 0 Å². The first-order valence-electron chi connectivity index (χ1n) is 4.31. The number of halogens is 2. The Hall–Kier alpha value is -0.180. The van der Waals surface area contributed by atoms with Gasteiger partial charge < -0.3 is 5.32 Å². The fourth-order valence-corrected chi connectivity index (χ4v) is 1.83. The van der Waals surface area contributed by atoms with E-state index in [0.717, 1.165) is 19.4 Å². The van der Waals surface area contributed by atoms with Crippen molar-refractivity contribution in [3.8, 4) is 0 Å². The first-order valence-corrected chi connectivity index (χ1v) is 4.31. The minimum absolute atomic E-state index is 0.0845. The molecular formula is C8H13F2N. The van der Waals surface area contributed by atoms with Crippen molar-refractivity contribution >= 4 is 0 Å². The van der Waals surface area contributed by atoms with Gasteiger partial charge in [-0.25, -0.2) is 8.78 Å². The quantitative estimate of drug-likeness (QED) is 0.618. The molecule has 0 aromatic rings. The van der Waals surface area contributed by atoms with Crippen LogP contribution < -0.4 is 5.32 Å². The molecule has 1 saturated carbocycles. The number of hydrogen-bond acceptors (Lipinski definition) is 1. The molecule has 3 heteroatoms. The average molecular weight is 161 g/mol. The predicted molar refractivity (Wildman–Crippen MR) is 38.7 cm³/mol. The molecule has 2 aliphatic rings. The Kier molecular flexibility index (Phi) is 1.63. The number of nitrogens with one attached hydrogen (secondary N) is 1. The van der Waals surface area contributed by atoms with Gasteiger partial charge in [0, 0.05) is 6.42 Å². The van der Waals surface area contributed by atoms with Crippen molar-refractivity contribution < 1.29 is 8.78 Å². The monoisotopic (exact) mass is 161 g/mol. The third-order valence-corrected chi connectivity index (χ3v) is 2.60. The normalized spacial score (nSPS) is 37.1. The zero-order valence-corrected chi connectivity index (χ0v) is 6.45. The molecule has 1 heterocycles. The Morgan fingerprint density at radius 1 is 1.27 bits per heavy atom. The average Bonchev–Trinajstić information content (AvgIpc) is 2.69. The van der Waals surface area contributed by atoms with Crippen molar-refractivity contribution in [1.82, 2.24) is 5.32 Å². The number of alkyl halides is 2. The van der Waals surface area contributed by atoms with E-state index in [1.54, 1.807) is 0 Å². The molecule has 2 rings (SSSR count). The highest BCUT2D eigenvalue weighted by Gasteiger charge is 2.48. The lowest BCUT2D eigenvalue weighted by molar-refractivity contribution is -0.0671. The minimum Gasteiger partial charge on any atom is -0.308 e. The molecule has 1 nitrogen and oxygen atoms in total. The van der Waals surface area contributed by atoms with E-state index < -0.39 is 12.0 Å². The van der Waals surface area contributed by atoms with Crippen LogP contribution in [0, 0.1) is 5.92 Å². The van der Waals surface area contributed by atoms with Crippen molar-refractivity contribution in [2.24, 2.45) is 5.92 Å². The molecule has 0 aromatic carbocycles. The van der Waals surface area contributed by atoms with Gasteiger partial charge in [0.2, 0.25) is 0 Å². The van der Waals surface area contributed by atoms with Gasteiger partial charge >= 0.3 is 0 Å². The van der Waals surface area contributed by atoms with Gasteiger partial charge in [0.15, 0.2) is 0 Å². The minimum atomic E-state index is -2.43. The van der Waals surface area contributed by atoms with Crippen molar-refractivity contribution in [2.45, 2.75) is 37.6 Å². The number of rotatable bonds is 1. The van der Waals surface area contributed by atoms with Gasteiger partial charge in [0.1, 0.15) is 0 Å². The largest absolute Gasteiger partial charge is 0.308 e. The van der Waals surface area contributed by atoms with Crippen LogP contribution >= 0.6 is 0 Å². The highest BCUT2D eigenvalue weighted by Crippen LogP contribution is 2.42. The Balaban J connectivity index is 2.02. The SMILES string of the molecule is FC1(F)CCCNC1C1CC1. The summed E-state index contributed by atoms with van der Waals surface area (Å²) in [5.41, 5.74) is 0. The van der Waals surface area contributed by atoms with Crippen molar-refractivity contribution in [3.05, 3.63) is 0 Å². The first kappa shape index (κ1) is 7.47. The van der Waals surface area contributed by atoms with Gasteiger partial charge in [-0.2, -0.15) is 0 Å². The van der Waals surface area contributed by atoms with Crippen molar-refractivity contribution in [3.63, 3.8) is 0 Å². The third-order valence-electron chi connectivity index (χ3n) is 2.60. The van der Waals surface area contributed by atoms with Crippen LogP contribution in [0.25, 0.3) is 0 Å². The van der Waals surface area contributed by atoms with Crippen molar-refractivity contribution in [2.75, 3.05) is 6.54 Å². The summed E-state index contributed by atoms with van der Waals surface area (Å²) in [6, 6.07) is -0.503. The second-order valence-electron chi connectivity index (χ2n) is 3.63. The summed E-state index contributed by atoms with van der Waals surface area (Å²) in [5.74, 6) is -2.16. The number of piperidine rings is 1. The Morgan fingerprint density at radius 3 is 2.55 bits per heavy atom. The number of hydrogen-bond donors (Lipinski definition) is 1. The molecule has 1 aliphatic carbocycles. The maximum Gasteiger partial charge on any atom is 0.263 e. The molecule has 0 bridgehead atoms. The van der Waals surface area contributed by atoms with E-state index in [-0.39, 0.29) is 12.3 Å². The molecule has 1 saturated heterocycles. The van der Waals surface area contributed by atoms with Gasteiger partial charge in [-0.1, -0.05) is 0 Å².